The van der Waals surface area contributed by atoms with E-state index in [1.165, 1.54) is 0 Å². The number of hydrogen-bond acceptors (Lipinski definition) is 1. The van der Waals surface area contributed by atoms with Crippen LogP contribution >= 0.6 is 23.2 Å². The Balaban J connectivity index is 2.55. The lowest BCUT2D eigenvalue weighted by molar-refractivity contribution is -0.119. The molecule has 3 heteroatoms. The van der Waals surface area contributed by atoms with Crippen LogP contribution in [0.25, 0.3) is 0 Å². The summed E-state index contributed by atoms with van der Waals surface area (Å²) < 4.78 is 0. The highest BCUT2D eigenvalue weighted by atomic mass is 35.5. The topological polar surface area (TPSA) is 17.1 Å². The molecular weight excluding hydrogens is 255 g/mol. The smallest absolute Gasteiger partial charge is 0.133 e. The van der Waals surface area contributed by atoms with E-state index < -0.39 is 0 Å². The van der Waals surface area contributed by atoms with Gasteiger partial charge in [0.2, 0.25) is 0 Å². The molecule has 0 aliphatic rings. The summed E-state index contributed by atoms with van der Waals surface area (Å²) in [5.74, 6) is 0.678. The fraction of sp³-hybridized carbons (Fsp3) is 0.500. The van der Waals surface area contributed by atoms with Crippen LogP contribution in [0.3, 0.4) is 0 Å². The van der Waals surface area contributed by atoms with Gasteiger partial charge in [0.15, 0.2) is 0 Å². The monoisotopic (exact) mass is 272 g/mol. The average Bonchev–Trinajstić information content (AvgIpc) is 2.14. The van der Waals surface area contributed by atoms with Crippen LogP contribution in [0.15, 0.2) is 18.2 Å². The van der Waals surface area contributed by atoms with Crippen molar-refractivity contribution in [3.8, 4) is 0 Å². The predicted octanol–water partition coefficient (Wildman–Crippen LogP) is 4.93. The van der Waals surface area contributed by atoms with Gasteiger partial charge in [-0.1, -0.05) is 37.0 Å². The molecule has 1 rings (SSSR count). The highest BCUT2D eigenvalue weighted by Crippen LogP contribution is 2.22. The molecule has 17 heavy (non-hydrogen) atoms. The first-order valence-corrected chi connectivity index (χ1v) is 6.73. The maximum atomic E-state index is 11.5. The zero-order valence-electron chi connectivity index (χ0n) is 10.3. The van der Waals surface area contributed by atoms with E-state index in [9.17, 15) is 4.79 Å². The fourth-order valence-electron chi connectivity index (χ4n) is 1.97. The fourth-order valence-corrected chi connectivity index (χ4v) is 2.54. The summed E-state index contributed by atoms with van der Waals surface area (Å²) in [5.41, 5.74) is 1.10. The second kappa shape index (κ2) is 7.03. The SMILES string of the molecule is CCCC(=O)CC(C)Cc1cc(Cl)cc(Cl)c1. The van der Waals surface area contributed by atoms with Gasteiger partial charge in [0.05, 0.1) is 0 Å². The van der Waals surface area contributed by atoms with E-state index in [0.717, 1.165) is 18.4 Å². The van der Waals surface area contributed by atoms with Crippen molar-refractivity contribution in [2.45, 2.75) is 39.5 Å². The summed E-state index contributed by atoms with van der Waals surface area (Å²) in [4.78, 5) is 11.5. The molecule has 0 radical (unpaired) electrons. The maximum Gasteiger partial charge on any atom is 0.133 e. The quantitative estimate of drug-likeness (QED) is 0.718. The van der Waals surface area contributed by atoms with Crippen LogP contribution < -0.4 is 0 Å². The minimum atomic E-state index is 0.337. The second-order valence-electron chi connectivity index (χ2n) is 4.58. The number of halogens is 2. The largest absolute Gasteiger partial charge is 0.300 e. The molecule has 0 fully saturated rings. The van der Waals surface area contributed by atoms with Gasteiger partial charge in [-0.15, -0.1) is 0 Å². The van der Waals surface area contributed by atoms with Gasteiger partial charge in [-0.25, -0.2) is 0 Å². The minimum Gasteiger partial charge on any atom is -0.300 e. The van der Waals surface area contributed by atoms with E-state index >= 15 is 0 Å². The van der Waals surface area contributed by atoms with Gasteiger partial charge in [-0.05, 0) is 42.5 Å². The number of carbonyl (C=O) groups excluding carboxylic acids is 1. The highest BCUT2D eigenvalue weighted by Gasteiger charge is 2.10. The summed E-state index contributed by atoms with van der Waals surface area (Å²) in [5, 5.41) is 1.30. The molecule has 1 atom stereocenters. The van der Waals surface area contributed by atoms with Crippen LogP contribution in [-0.2, 0) is 11.2 Å². The molecule has 1 aromatic rings. The molecule has 0 aromatic heterocycles. The maximum absolute atomic E-state index is 11.5. The number of Topliss-reactive ketones (excluding diaryl/α,β-unsaturated/α-hetero) is 1. The van der Waals surface area contributed by atoms with Crippen LogP contribution in [0.5, 0.6) is 0 Å². The Kier molecular flexibility index (Phi) is 6.01. The zero-order chi connectivity index (χ0) is 12.8. The van der Waals surface area contributed by atoms with Crippen LogP contribution in [0, 0.1) is 5.92 Å². The van der Waals surface area contributed by atoms with Crippen molar-refractivity contribution >= 4 is 29.0 Å². The van der Waals surface area contributed by atoms with Crippen molar-refractivity contribution in [1.29, 1.82) is 0 Å². The van der Waals surface area contributed by atoms with Gasteiger partial charge in [0.1, 0.15) is 5.78 Å². The lowest BCUT2D eigenvalue weighted by atomic mass is 9.95. The number of rotatable bonds is 6. The summed E-state index contributed by atoms with van der Waals surface area (Å²) in [6.45, 7) is 4.11. The van der Waals surface area contributed by atoms with E-state index in [4.69, 9.17) is 23.2 Å². The number of benzene rings is 1. The molecule has 0 saturated carbocycles. The molecule has 0 spiro atoms. The average molecular weight is 273 g/mol. The van der Waals surface area contributed by atoms with E-state index in [1.54, 1.807) is 6.07 Å². The van der Waals surface area contributed by atoms with Crippen molar-refractivity contribution < 1.29 is 4.79 Å². The van der Waals surface area contributed by atoms with E-state index in [2.05, 4.69) is 6.92 Å². The third-order valence-electron chi connectivity index (χ3n) is 2.61. The Morgan fingerprint density at radius 3 is 2.35 bits per heavy atom. The third-order valence-corrected chi connectivity index (χ3v) is 3.05. The number of hydrogen-bond donors (Lipinski definition) is 0. The summed E-state index contributed by atoms with van der Waals surface area (Å²) in [7, 11) is 0. The van der Waals surface area contributed by atoms with Crippen molar-refractivity contribution in [1.82, 2.24) is 0 Å². The van der Waals surface area contributed by atoms with Gasteiger partial charge < -0.3 is 0 Å². The van der Waals surface area contributed by atoms with Crippen LogP contribution in [0.2, 0.25) is 10.0 Å². The third kappa shape index (κ3) is 5.56. The molecule has 0 aliphatic carbocycles. The van der Waals surface area contributed by atoms with Gasteiger partial charge in [0.25, 0.3) is 0 Å². The normalized spacial score (nSPS) is 12.5. The Bertz CT molecular complexity index is 368. The van der Waals surface area contributed by atoms with E-state index in [0.29, 0.717) is 34.6 Å². The van der Waals surface area contributed by atoms with Crippen molar-refractivity contribution in [3.05, 3.63) is 33.8 Å². The molecule has 0 saturated heterocycles. The summed E-state index contributed by atoms with van der Waals surface area (Å²) in [6, 6.07) is 5.54. The van der Waals surface area contributed by atoms with E-state index in [-0.39, 0.29) is 0 Å². The second-order valence-corrected chi connectivity index (χ2v) is 5.45. The highest BCUT2D eigenvalue weighted by molar-refractivity contribution is 6.34. The molecule has 1 unspecified atom stereocenters. The molecular formula is C14H18Cl2O. The first kappa shape index (κ1) is 14.5. The van der Waals surface area contributed by atoms with Crippen LogP contribution in [-0.4, -0.2) is 5.78 Å². The Hall–Kier alpha value is -0.530. The predicted molar refractivity (Wildman–Crippen MR) is 73.9 cm³/mol. The molecule has 94 valence electrons. The van der Waals surface area contributed by atoms with Crippen LogP contribution in [0.1, 0.15) is 38.7 Å². The Labute approximate surface area is 113 Å². The first-order valence-electron chi connectivity index (χ1n) is 5.98. The van der Waals surface area contributed by atoms with Crippen molar-refractivity contribution in [2.75, 3.05) is 0 Å². The zero-order valence-corrected chi connectivity index (χ0v) is 11.8. The van der Waals surface area contributed by atoms with Gasteiger partial charge in [0, 0.05) is 22.9 Å². The first-order chi connectivity index (χ1) is 8.01. The van der Waals surface area contributed by atoms with Gasteiger partial charge in [-0.3, -0.25) is 4.79 Å². The van der Waals surface area contributed by atoms with Crippen molar-refractivity contribution in [2.24, 2.45) is 5.92 Å². The summed E-state index contributed by atoms with van der Waals surface area (Å²) in [6.07, 6.45) is 3.09. The van der Waals surface area contributed by atoms with Gasteiger partial charge >= 0.3 is 0 Å². The number of carbonyl (C=O) groups is 1. The molecule has 0 heterocycles. The Morgan fingerprint density at radius 1 is 1.24 bits per heavy atom. The minimum absolute atomic E-state index is 0.337. The standard InChI is InChI=1S/C14H18Cl2O/c1-3-4-14(17)6-10(2)5-11-7-12(15)9-13(16)8-11/h7-10H,3-6H2,1-2H3. The molecule has 0 amide bonds. The molecule has 0 bridgehead atoms. The summed E-state index contributed by atoms with van der Waals surface area (Å²) >= 11 is 11.9. The van der Waals surface area contributed by atoms with E-state index in [1.807, 2.05) is 19.1 Å². The number of ketones is 1. The lowest BCUT2D eigenvalue weighted by Gasteiger charge is -2.11. The molecule has 0 N–H and O–H groups in total. The van der Waals surface area contributed by atoms with Crippen LogP contribution in [0.4, 0.5) is 0 Å². The molecule has 1 aromatic carbocycles. The molecule has 1 nitrogen and oxygen atoms in total. The molecule has 0 aliphatic heterocycles. The Morgan fingerprint density at radius 2 is 1.82 bits per heavy atom. The van der Waals surface area contributed by atoms with Gasteiger partial charge in [-0.2, -0.15) is 0 Å². The van der Waals surface area contributed by atoms with Crippen molar-refractivity contribution in [3.63, 3.8) is 0 Å². The lowest BCUT2D eigenvalue weighted by Crippen LogP contribution is -2.07.